The van der Waals surface area contributed by atoms with E-state index in [1.165, 1.54) is 5.57 Å². The first-order valence-corrected chi connectivity index (χ1v) is 6.77. The van der Waals surface area contributed by atoms with Gasteiger partial charge in [0.1, 0.15) is 0 Å². The van der Waals surface area contributed by atoms with Crippen LogP contribution in [0.4, 0.5) is 0 Å². The standard InChI is InChI=1S/C14H19Cl2NO/c1-3-11(10-17-6-7-18-2)8-12-4-5-13(15)9-14(12)16/h4-5,8-9,17H,3,6-7,10H2,1-2H3. The third kappa shape index (κ3) is 5.40. The highest BCUT2D eigenvalue weighted by Gasteiger charge is 2.01. The monoisotopic (exact) mass is 287 g/mol. The second-order valence-corrected chi connectivity index (χ2v) is 4.84. The molecule has 1 aromatic rings. The van der Waals surface area contributed by atoms with E-state index < -0.39 is 0 Å². The molecule has 0 heterocycles. The van der Waals surface area contributed by atoms with Gasteiger partial charge >= 0.3 is 0 Å². The SMILES string of the molecule is CCC(=Cc1ccc(Cl)cc1Cl)CNCCOC. The Morgan fingerprint density at radius 2 is 2.17 bits per heavy atom. The van der Waals surface area contributed by atoms with Gasteiger partial charge in [0.25, 0.3) is 0 Å². The summed E-state index contributed by atoms with van der Waals surface area (Å²) >= 11 is 12.0. The molecule has 1 rings (SSSR count). The van der Waals surface area contributed by atoms with Crippen molar-refractivity contribution in [2.24, 2.45) is 0 Å². The molecule has 1 aromatic carbocycles. The average Bonchev–Trinajstić information content (AvgIpc) is 2.35. The first kappa shape index (κ1) is 15.5. The molecular weight excluding hydrogens is 269 g/mol. The van der Waals surface area contributed by atoms with Crippen molar-refractivity contribution in [1.29, 1.82) is 0 Å². The summed E-state index contributed by atoms with van der Waals surface area (Å²) < 4.78 is 4.99. The summed E-state index contributed by atoms with van der Waals surface area (Å²) in [5.41, 5.74) is 2.31. The molecule has 0 spiro atoms. The predicted molar refractivity (Wildman–Crippen MR) is 79.5 cm³/mol. The van der Waals surface area contributed by atoms with Crippen molar-refractivity contribution in [2.45, 2.75) is 13.3 Å². The van der Waals surface area contributed by atoms with E-state index in [9.17, 15) is 0 Å². The van der Waals surface area contributed by atoms with E-state index in [4.69, 9.17) is 27.9 Å². The summed E-state index contributed by atoms with van der Waals surface area (Å²) in [4.78, 5) is 0. The summed E-state index contributed by atoms with van der Waals surface area (Å²) in [6.45, 7) is 4.55. The van der Waals surface area contributed by atoms with Crippen LogP contribution in [0.25, 0.3) is 6.08 Å². The molecule has 0 radical (unpaired) electrons. The largest absolute Gasteiger partial charge is 0.383 e. The smallest absolute Gasteiger partial charge is 0.0587 e. The molecular formula is C14H19Cl2NO. The van der Waals surface area contributed by atoms with E-state index in [1.807, 2.05) is 12.1 Å². The number of hydrogen-bond acceptors (Lipinski definition) is 2. The maximum absolute atomic E-state index is 6.14. The van der Waals surface area contributed by atoms with Gasteiger partial charge in [-0.3, -0.25) is 0 Å². The first-order chi connectivity index (χ1) is 8.67. The molecule has 0 amide bonds. The quantitative estimate of drug-likeness (QED) is 0.765. The Kier molecular flexibility index (Phi) is 7.36. The zero-order valence-corrected chi connectivity index (χ0v) is 12.3. The van der Waals surface area contributed by atoms with Gasteiger partial charge in [-0.15, -0.1) is 0 Å². The van der Waals surface area contributed by atoms with Crippen molar-refractivity contribution in [3.63, 3.8) is 0 Å². The second kappa shape index (κ2) is 8.54. The van der Waals surface area contributed by atoms with Gasteiger partial charge in [-0.25, -0.2) is 0 Å². The molecule has 18 heavy (non-hydrogen) atoms. The number of benzene rings is 1. The van der Waals surface area contributed by atoms with Gasteiger partial charge in [0.2, 0.25) is 0 Å². The number of nitrogens with one attached hydrogen (secondary N) is 1. The highest BCUT2D eigenvalue weighted by Crippen LogP contribution is 2.23. The molecule has 0 atom stereocenters. The van der Waals surface area contributed by atoms with Crippen molar-refractivity contribution in [3.05, 3.63) is 39.4 Å². The number of methoxy groups -OCH3 is 1. The van der Waals surface area contributed by atoms with Crippen LogP contribution < -0.4 is 5.32 Å². The van der Waals surface area contributed by atoms with Gasteiger partial charge in [-0.2, -0.15) is 0 Å². The van der Waals surface area contributed by atoms with Crippen LogP contribution >= 0.6 is 23.2 Å². The lowest BCUT2D eigenvalue weighted by atomic mass is 10.1. The molecule has 0 saturated carbocycles. The highest BCUT2D eigenvalue weighted by atomic mass is 35.5. The Bertz CT molecular complexity index is 405. The topological polar surface area (TPSA) is 21.3 Å². The van der Waals surface area contributed by atoms with Crippen LogP contribution in [0.1, 0.15) is 18.9 Å². The van der Waals surface area contributed by atoms with Crippen molar-refractivity contribution < 1.29 is 4.74 Å². The minimum atomic E-state index is 0.661. The molecule has 0 saturated heterocycles. The van der Waals surface area contributed by atoms with E-state index in [2.05, 4.69) is 18.3 Å². The predicted octanol–water partition coefficient (Wildman–Crippen LogP) is 4.02. The van der Waals surface area contributed by atoms with Gasteiger partial charge in [-0.1, -0.05) is 47.8 Å². The molecule has 0 aliphatic carbocycles. The number of rotatable bonds is 7. The van der Waals surface area contributed by atoms with E-state index in [0.29, 0.717) is 10.0 Å². The van der Waals surface area contributed by atoms with Gasteiger partial charge < -0.3 is 10.1 Å². The number of ether oxygens (including phenoxy) is 1. The maximum Gasteiger partial charge on any atom is 0.0587 e. The third-order valence-corrected chi connectivity index (χ3v) is 3.17. The fourth-order valence-electron chi connectivity index (χ4n) is 1.54. The molecule has 0 unspecified atom stereocenters. The van der Waals surface area contributed by atoms with Gasteiger partial charge in [0.05, 0.1) is 6.61 Å². The number of halogens is 2. The first-order valence-electron chi connectivity index (χ1n) is 6.01. The fraction of sp³-hybridized carbons (Fsp3) is 0.429. The second-order valence-electron chi connectivity index (χ2n) is 3.99. The Labute approximate surface area is 119 Å². The maximum atomic E-state index is 6.14. The van der Waals surface area contributed by atoms with Crippen LogP contribution in [-0.4, -0.2) is 26.8 Å². The lowest BCUT2D eigenvalue weighted by Crippen LogP contribution is -2.21. The Hall–Kier alpha value is -0.540. The van der Waals surface area contributed by atoms with Crippen molar-refractivity contribution in [2.75, 3.05) is 26.8 Å². The zero-order valence-electron chi connectivity index (χ0n) is 10.8. The number of hydrogen-bond donors (Lipinski definition) is 1. The minimum Gasteiger partial charge on any atom is -0.383 e. The molecule has 0 bridgehead atoms. The molecule has 0 aliphatic heterocycles. The summed E-state index contributed by atoms with van der Waals surface area (Å²) in [6.07, 6.45) is 3.09. The van der Waals surface area contributed by atoms with Crippen molar-refractivity contribution >= 4 is 29.3 Å². The van der Waals surface area contributed by atoms with E-state index in [1.54, 1.807) is 13.2 Å². The Morgan fingerprint density at radius 3 is 2.78 bits per heavy atom. The van der Waals surface area contributed by atoms with Crippen LogP contribution in [0.3, 0.4) is 0 Å². The molecule has 100 valence electrons. The lowest BCUT2D eigenvalue weighted by Gasteiger charge is -2.08. The van der Waals surface area contributed by atoms with Crippen molar-refractivity contribution in [1.82, 2.24) is 5.32 Å². The summed E-state index contributed by atoms with van der Waals surface area (Å²) in [5.74, 6) is 0. The van der Waals surface area contributed by atoms with Gasteiger partial charge in [-0.05, 0) is 24.1 Å². The molecule has 0 aliphatic rings. The average molecular weight is 288 g/mol. The van der Waals surface area contributed by atoms with Crippen LogP contribution in [0.15, 0.2) is 23.8 Å². The van der Waals surface area contributed by atoms with Crippen LogP contribution in [0, 0.1) is 0 Å². The Balaban J connectivity index is 2.65. The fourth-order valence-corrected chi connectivity index (χ4v) is 2.00. The minimum absolute atomic E-state index is 0.661. The Morgan fingerprint density at radius 1 is 1.39 bits per heavy atom. The van der Waals surface area contributed by atoms with Gasteiger partial charge in [0, 0.05) is 30.2 Å². The normalized spacial score (nSPS) is 11.9. The van der Waals surface area contributed by atoms with Crippen LogP contribution in [-0.2, 0) is 4.74 Å². The summed E-state index contributed by atoms with van der Waals surface area (Å²) in [7, 11) is 1.70. The summed E-state index contributed by atoms with van der Waals surface area (Å²) in [5, 5.41) is 4.67. The molecule has 0 aromatic heterocycles. The molecule has 4 heteroatoms. The summed E-state index contributed by atoms with van der Waals surface area (Å²) in [6, 6.07) is 5.56. The molecule has 1 N–H and O–H groups in total. The van der Waals surface area contributed by atoms with Crippen LogP contribution in [0.5, 0.6) is 0 Å². The van der Waals surface area contributed by atoms with Crippen molar-refractivity contribution in [3.8, 4) is 0 Å². The van der Waals surface area contributed by atoms with Gasteiger partial charge in [0.15, 0.2) is 0 Å². The van der Waals surface area contributed by atoms with E-state index in [-0.39, 0.29) is 0 Å². The van der Waals surface area contributed by atoms with E-state index in [0.717, 1.165) is 31.7 Å². The van der Waals surface area contributed by atoms with E-state index >= 15 is 0 Å². The highest BCUT2D eigenvalue weighted by molar-refractivity contribution is 6.35. The lowest BCUT2D eigenvalue weighted by molar-refractivity contribution is 0.200. The zero-order chi connectivity index (χ0) is 13.4. The molecule has 0 fully saturated rings. The molecule has 2 nitrogen and oxygen atoms in total. The van der Waals surface area contributed by atoms with Crippen LogP contribution in [0.2, 0.25) is 10.0 Å². The third-order valence-electron chi connectivity index (χ3n) is 2.61.